The zero-order chi connectivity index (χ0) is 14.7. The van der Waals surface area contributed by atoms with Gasteiger partial charge in [-0.05, 0) is 30.2 Å². The van der Waals surface area contributed by atoms with Crippen LogP contribution in [0.2, 0.25) is 0 Å². The molecule has 3 aliphatic heterocycles. The van der Waals surface area contributed by atoms with Crippen molar-refractivity contribution < 1.29 is 24.1 Å². The van der Waals surface area contributed by atoms with Crippen LogP contribution in [-0.4, -0.2) is 18.5 Å². The molecule has 0 saturated carbocycles. The van der Waals surface area contributed by atoms with Crippen molar-refractivity contribution in [2.75, 3.05) is 13.4 Å². The van der Waals surface area contributed by atoms with Gasteiger partial charge < -0.3 is 24.1 Å². The Balaban J connectivity index is 1.57. The highest BCUT2D eigenvalue weighted by molar-refractivity contribution is 5.54. The van der Waals surface area contributed by atoms with Crippen LogP contribution in [0.3, 0.4) is 0 Å². The van der Waals surface area contributed by atoms with E-state index in [4.69, 9.17) is 18.9 Å². The topological polar surface area (TPSA) is 57.2 Å². The van der Waals surface area contributed by atoms with E-state index in [1.165, 1.54) is 0 Å². The first-order chi connectivity index (χ1) is 10.8. The van der Waals surface area contributed by atoms with E-state index in [0.29, 0.717) is 12.4 Å². The molecule has 22 heavy (non-hydrogen) atoms. The smallest absolute Gasteiger partial charge is 0.231 e. The molecular weight excluding hydrogens is 284 g/mol. The van der Waals surface area contributed by atoms with Gasteiger partial charge in [0, 0.05) is 23.6 Å². The Hall–Kier alpha value is -2.56. The van der Waals surface area contributed by atoms with Crippen LogP contribution in [0.1, 0.15) is 17.2 Å². The summed E-state index contributed by atoms with van der Waals surface area (Å²) in [6.07, 6.45) is 0.814. The van der Waals surface area contributed by atoms with E-state index in [2.05, 4.69) is 0 Å². The second-order valence-corrected chi connectivity index (χ2v) is 5.85. The molecule has 1 N–H and O–H groups in total. The van der Waals surface area contributed by atoms with Crippen molar-refractivity contribution >= 4 is 0 Å². The summed E-state index contributed by atoms with van der Waals surface area (Å²) in [5.41, 5.74) is 2.11. The molecule has 0 aromatic heterocycles. The average molecular weight is 298 g/mol. The maximum atomic E-state index is 9.60. The molecule has 1 unspecified atom stereocenters. The minimum atomic E-state index is -0.0581. The van der Waals surface area contributed by atoms with E-state index < -0.39 is 0 Å². The highest BCUT2D eigenvalue weighted by atomic mass is 16.7. The zero-order valence-corrected chi connectivity index (χ0v) is 11.7. The molecule has 0 radical (unpaired) electrons. The fourth-order valence-electron chi connectivity index (χ4n) is 3.40. The fraction of sp³-hybridized carbons (Fsp3) is 0.294. The van der Waals surface area contributed by atoms with Crippen molar-refractivity contribution in [3.05, 3.63) is 41.5 Å². The summed E-state index contributed by atoms with van der Waals surface area (Å²) in [5.74, 6) is 3.51. The van der Waals surface area contributed by atoms with Crippen LogP contribution in [0, 0.1) is 5.92 Å². The molecule has 5 nitrogen and oxygen atoms in total. The number of phenolic OH excluding ortho intramolecular Hbond substituents is 1. The third-order valence-electron chi connectivity index (χ3n) is 4.48. The Labute approximate surface area is 127 Å². The average Bonchev–Trinajstić information content (AvgIpc) is 2.97. The molecule has 5 heteroatoms. The van der Waals surface area contributed by atoms with Gasteiger partial charge in [0.1, 0.15) is 23.4 Å². The first-order valence-electron chi connectivity index (χ1n) is 7.33. The predicted molar refractivity (Wildman–Crippen MR) is 76.7 cm³/mol. The van der Waals surface area contributed by atoms with Crippen LogP contribution in [0.5, 0.6) is 28.7 Å². The number of ether oxygens (including phenoxy) is 4. The quantitative estimate of drug-likeness (QED) is 0.810. The maximum absolute atomic E-state index is 9.60. The van der Waals surface area contributed by atoms with Gasteiger partial charge in [-0.2, -0.15) is 0 Å². The lowest BCUT2D eigenvalue weighted by molar-refractivity contribution is 0.0540. The van der Waals surface area contributed by atoms with Crippen molar-refractivity contribution in [3.63, 3.8) is 0 Å². The van der Waals surface area contributed by atoms with E-state index >= 15 is 0 Å². The number of aromatic hydroxyl groups is 1. The van der Waals surface area contributed by atoms with Crippen LogP contribution in [-0.2, 0) is 6.42 Å². The molecule has 112 valence electrons. The van der Waals surface area contributed by atoms with Gasteiger partial charge in [-0.25, -0.2) is 0 Å². The van der Waals surface area contributed by atoms with Gasteiger partial charge in [0.2, 0.25) is 6.79 Å². The van der Waals surface area contributed by atoms with Crippen molar-refractivity contribution in [3.8, 4) is 28.7 Å². The molecule has 0 spiro atoms. The van der Waals surface area contributed by atoms with Gasteiger partial charge in [0.25, 0.3) is 0 Å². The highest BCUT2D eigenvalue weighted by Crippen LogP contribution is 2.48. The van der Waals surface area contributed by atoms with Crippen LogP contribution in [0.15, 0.2) is 30.3 Å². The number of hydrogen-bond donors (Lipinski definition) is 1. The molecule has 3 aliphatic rings. The molecule has 2 aromatic rings. The van der Waals surface area contributed by atoms with E-state index in [-0.39, 0.29) is 24.6 Å². The Morgan fingerprint density at radius 2 is 1.77 bits per heavy atom. The molecule has 0 amide bonds. The Bertz CT molecular complexity index is 770. The van der Waals surface area contributed by atoms with Gasteiger partial charge in [-0.15, -0.1) is 0 Å². The standard InChI is InChI=1S/C17H14O5/c18-11-1-2-12-14(5-11)19-7-10-3-9-4-15-16(21-8-20-15)6-13(9)22-17(10)12/h1-2,4-6,10,17-18H,3,7-8H2/t10?,17-/m1/s1. The van der Waals surface area contributed by atoms with Gasteiger partial charge >= 0.3 is 0 Å². The summed E-state index contributed by atoms with van der Waals surface area (Å²) in [7, 11) is 0. The number of benzene rings is 2. The molecule has 2 atom stereocenters. The fourth-order valence-corrected chi connectivity index (χ4v) is 3.40. The first kappa shape index (κ1) is 12.0. The first-order valence-corrected chi connectivity index (χ1v) is 7.33. The molecule has 5 rings (SSSR count). The van der Waals surface area contributed by atoms with Crippen LogP contribution < -0.4 is 18.9 Å². The molecule has 2 aromatic carbocycles. The number of rotatable bonds is 0. The third kappa shape index (κ3) is 1.65. The van der Waals surface area contributed by atoms with Crippen molar-refractivity contribution in [1.29, 1.82) is 0 Å². The molecule has 0 bridgehead atoms. The maximum Gasteiger partial charge on any atom is 0.231 e. The molecular formula is C17H14O5. The third-order valence-corrected chi connectivity index (χ3v) is 4.48. The second kappa shape index (κ2) is 4.22. The summed E-state index contributed by atoms with van der Waals surface area (Å²) in [5, 5.41) is 9.60. The summed E-state index contributed by atoms with van der Waals surface area (Å²) < 4.78 is 22.9. The predicted octanol–water partition coefficient (Wildman–Crippen LogP) is 2.81. The summed E-state index contributed by atoms with van der Waals surface area (Å²) in [6.45, 7) is 0.839. The van der Waals surface area contributed by atoms with Gasteiger partial charge in [0.15, 0.2) is 11.5 Å². The number of fused-ring (bicyclic) bond motifs is 5. The van der Waals surface area contributed by atoms with E-state index in [9.17, 15) is 5.11 Å². The Morgan fingerprint density at radius 3 is 2.68 bits per heavy atom. The minimum Gasteiger partial charge on any atom is -0.508 e. The van der Waals surface area contributed by atoms with Gasteiger partial charge in [0.05, 0.1) is 6.61 Å². The highest BCUT2D eigenvalue weighted by Gasteiger charge is 2.38. The monoisotopic (exact) mass is 298 g/mol. The van der Waals surface area contributed by atoms with E-state index in [0.717, 1.165) is 34.8 Å². The van der Waals surface area contributed by atoms with Crippen molar-refractivity contribution in [2.24, 2.45) is 5.92 Å². The summed E-state index contributed by atoms with van der Waals surface area (Å²) in [6, 6.07) is 9.09. The molecule has 3 heterocycles. The van der Waals surface area contributed by atoms with Crippen LogP contribution in [0.4, 0.5) is 0 Å². The zero-order valence-electron chi connectivity index (χ0n) is 11.7. The van der Waals surface area contributed by atoms with Gasteiger partial charge in [-0.3, -0.25) is 0 Å². The van der Waals surface area contributed by atoms with Crippen LogP contribution >= 0.6 is 0 Å². The molecule has 0 aliphatic carbocycles. The van der Waals surface area contributed by atoms with E-state index in [1.54, 1.807) is 12.1 Å². The van der Waals surface area contributed by atoms with Gasteiger partial charge in [-0.1, -0.05) is 0 Å². The lowest BCUT2D eigenvalue weighted by atomic mass is 9.85. The lowest BCUT2D eigenvalue weighted by Crippen LogP contribution is -2.34. The number of hydrogen-bond acceptors (Lipinski definition) is 5. The summed E-state index contributed by atoms with van der Waals surface area (Å²) >= 11 is 0. The summed E-state index contributed by atoms with van der Waals surface area (Å²) in [4.78, 5) is 0. The SMILES string of the molecule is Oc1ccc2c(c1)OCC1Cc3cc4c(cc3O[C@@H]21)OCO4. The minimum absolute atomic E-state index is 0.0581. The largest absolute Gasteiger partial charge is 0.508 e. The molecule has 0 fully saturated rings. The second-order valence-electron chi connectivity index (χ2n) is 5.85. The van der Waals surface area contributed by atoms with Crippen molar-refractivity contribution in [2.45, 2.75) is 12.5 Å². The lowest BCUT2D eigenvalue weighted by Gasteiger charge is -2.38. The Kier molecular flexibility index (Phi) is 2.31. The molecule has 0 saturated heterocycles. The van der Waals surface area contributed by atoms with E-state index in [1.807, 2.05) is 18.2 Å². The Morgan fingerprint density at radius 1 is 0.909 bits per heavy atom. The normalized spacial score (nSPS) is 23.6. The van der Waals surface area contributed by atoms with Crippen molar-refractivity contribution in [1.82, 2.24) is 0 Å². The number of phenols is 1. The van der Waals surface area contributed by atoms with Crippen LogP contribution in [0.25, 0.3) is 0 Å².